The van der Waals surface area contributed by atoms with E-state index in [0.717, 1.165) is 65.8 Å². The number of ether oxygens (including phenoxy) is 1. The number of hydrogen-bond acceptors (Lipinski definition) is 6. The summed E-state index contributed by atoms with van der Waals surface area (Å²) in [4.78, 5) is 32.5. The van der Waals surface area contributed by atoms with E-state index in [2.05, 4.69) is 15.6 Å². The summed E-state index contributed by atoms with van der Waals surface area (Å²) in [7, 11) is 3.48. The van der Waals surface area contributed by atoms with Gasteiger partial charge in [0.25, 0.3) is 11.8 Å². The van der Waals surface area contributed by atoms with E-state index in [-0.39, 0.29) is 50.1 Å². The van der Waals surface area contributed by atoms with Crippen molar-refractivity contribution in [2.75, 3.05) is 20.7 Å². The summed E-state index contributed by atoms with van der Waals surface area (Å²) in [5, 5.41) is 5.76. The quantitative estimate of drug-likeness (QED) is 0.213. The normalized spacial score (nSPS) is 16.7. The van der Waals surface area contributed by atoms with Crippen LogP contribution in [-0.2, 0) is 6.54 Å². The number of fused-ring (bicyclic) bond motifs is 1. The Labute approximate surface area is 258 Å². The third kappa shape index (κ3) is 6.37. The lowest BCUT2D eigenvalue weighted by Gasteiger charge is -2.37. The van der Waals surface area contributed by atoms with Gasteiger partial charge < -0.3 is 20.3 Å². The van der Waals surface area contributed by atoms with Gasteiger partial charge in [0.15, 0.2) is 0 Å². The summed E-state index contributed by atoms with van der Waals surface area (Å²) in [5.74, 6) is -1.35. The molecule has 1 aliphatic rings. The second kappa shape index (κ2) is 13.4. The van der Waals surface area contributed by atoms with Gasteiger partial charge in [0.05, 0.1) is 21.7 Å². The van der Waals surface area contributed by atoms with E-state index in [0.29, 0.717) is 18.4 Å². The molecule has 7 nitrogen and oxygen atoms in total. The fraction of sp³-hybridized carbons (Fsp3) is 0.344. The number of nitrogens with one attached hydrogen (secondary N) is 2. The molecule has 0 bridgehead atoms. The number of thiophene rings is 1. The maximum Gasteiger partial charge on any atom is 0.269 e. The number of aromatic nitrogens is 1. The van der Waals surface area contributed by atoms with E-state index in [1.807, 2.05) is 38.2 Å². The molecule has 4 aromatic rings. The molecular formula is C32H33ClF2N4O3S. The van der Waals surface area contributed by atoms with Crippen LogP contribution in [0.5, 0.6) is 5.75 Å². The highest BCUT2D eigenvalue weighted by Gasteiger charge is 2.33. The largest absolute Gasteiger partial charge is 0.494 e. The fourth-order valence-electron chi connectivity index (χ4n) is 5.63. The van der Waals surface area contributed by atoms with Gasteiger partial charge in [-0.25, -0.2) is 8.78 Å². The van der Waals surface area contributed by atoms with Crippen LogP contribution in [0, 0.1) is 11.6 Å². The Balaban J connectivity index is 1.57. The van der Waals surface area contributed by atoms with Crippen LogP contribution in [0.3, 0.4) is 0 Å². The van der Waals surface area contributed by atoms with E-state index in [9.17, 15) is 18.4 Å². The second-order valence-corrected chi connectivity index (χ2v) is 11.9. The Morgan fingerprint density at radius 2 is 1.77 bits per heavy atom. The van der Waals surface area contributed by atoms with E-state index < -0.39 is 11.6 Å². The van der Waals surface area contributed by atoms with Gasteiger partial charge in [0.1, 0.15) is 28.0 Å². The molecule has 226 valence electrons. The first kappa shape index (κ1) is 30.8. The molecule has 0 spiro atoms. The second-order valence-electron chi connectivity index (χ2n) is 10.5. The van der Waals surface area contributed by atoms with E-state index in [1.165, 1.54) is 0 Å². The minimum atomic E-state index is -0.669. The molecule has 2 aromatic heterocycles. The van der Waals surface area contributed by atoms with Crippen LogP contribution in [0.2, 0.25) is 5.02 Å². The lowest BCUT2D eigenvalue weighted by molar-refractivity contribution is 0.0604. The monoisotopic (exact) mass is 626 g/mol. The Morgan fingerprint density at radius 1 is 1.05 bits per heavy atom. The van der Waals surface area contributed by atoms with Crippen LogP contribution in [0.15, 0.2) is 48.7 Å². The van der Waals surface area contributed by atoms with Crippen LogP contribution < -0.4 is 15.4 Å². The number of rotatable bonds is 9. The van der Waals surface area contributed by atoms with Crippen molar-refractivity contribution in [3.8, 4) is 16.9 Å². The first-order valence-corrected chi connectivity index (χ1v) is 15.4. The molecule has 0 aliphatic heterocycles. The Bertz CT molecular complexity index is 1660. The molecular weight excluding hydrogens is 594 g/mol. The number of halogens is 3. The third-order valence-electron chi connectivity index (χ3n) is 7.94. The zero-order chi connectivity index (χ0) is 30.7. The number of carbonyl (C=O) groups excluding carboxylic acids is 2. The molecule has 1 fully saturated rings. The fourth-order valence-corrected chi connectivity index (χ4v) is 7.14. The van der Waals surface area contributed by atoms with Gasteiger partial charge in [-0.1, -0.05) is 17.7 Å². The Kier molecular flexibility index (Phi) is 9.59. The third-order valence-corrected chi connectivity index (χ3v) is 9.61. The van der Waals surface area contributed by atoms with Crippen LogP contribution in [0.4, 0.5) is 8.78 Å². The van der Waals surface area contributed by atoms with Crippen LogP contribution in [0.25, 0.3) is 21.2 Å². The van der Waals surface area contributed by atoms with E-state index in [4.69, 9.17) is 16.3 Å². The van der Waals surface area contributed by atoms with Gasteiger partial charge >= 0.3 is 0 Å². The summed E-state index contributed by atoms with van der Waals surface area (Å²) in [6.45, 7) is 2.50. The molecule has 0 atom stereocenters. The summed E-state index contributed by atoms with van der Waals surface area (Å²) >= 11 is 7.46. The number of hydrogen-bond donors (Lipinski definition) is 2. The lowest BCUT2D eigenvalue weighted by Crippen LogP contribution is -2.44. The smallest absolute Gasteiger partial charge is 0.269 e. The van der Waals surface area contributed by atoms with E-state index >= 15 is 0 Å². The maximum atomic E-state index is 14.7. The summed E-state index contributed by atoms with van der Waals surface area (Å²) < 4.78 is 35.4. The zero-order valence-corrected chi connectivity index (χ0v) is 25.7. The highest BCUT2D eigenvalue weighted by atomic mass is 35.5. The van der Waals surface area contributed by atoms with Gasteiger partial charge in [-0.05, 0) is 87.2 Å². The standard InChI is InChI=1S/C32H33ClF2N4O3S/c1-4-42-26-12-5-18(19-13-14-38-25(16-19)31(40)37-3)15-20(26)17-39(22-8-6-21(36-2)7-9-22)32(41)30-28(33)27-23(34)10-11-24(35)29(27)43-30/h5,10-16,21-22,36H,4,6-9,17H2,1-3H3,(H,37,40). The molecule has 2 amide bonds. The first-order chi connectivity index (χ1) is 20.7. The molecule has 43 heavy (non-hydrogen) atoms. The summed E-state index contributed by atoms with van der Waals surface area (Å²) in [5.41, 5.74) is 2.65. The average Bonchev–Trinajstić information content (AvgIpc) is 3.40. The van der Waals surface area contributed by atoms with Crippen molar-refractivity contribution < 1.29 is 23.1 Å². The van der Waals surface area contributed by atoms with Gasteiger partial charge in [-0.2, -0.15) is 0 Å². The van der Waals surface area contributed by atoms with Crippen LogP contribution in [-0.4, -0.2) is 54.5 Å². The topological polar surface area (TPSA) is 83.6 Å². The highest BCUT2D eigenvalue weighted by Crippen LogP contribution is 2.40. The van der Waals surface area contributed by atoms with Crippen molar-refractivity contribution in [2.45, 2.75) is 51.2 Å². The number of benzene rings is 2. The minimum Gasteiger partial charge on any atom is -0.494 e. The molecule has 0 unspecified atom stereocenters. The zero-order valence-electron chi connectivity index (χ0n) is 24.2. The number of carbonyl (C=O) groups is 2. The van der Waals surface area contributed by atoms with Gasteiger partial charge in [0, 0.05) is 37.4 Å². The van der Waals surface area contributed by atoms with Gasteiger partial charge in [-0.3, -0.25) is 14.6 Å². The molecule has 2 N–H and O–H groups in total. The van der Waals surface area contributed by atoms with Crippen LogP contribution >= 0.6 is 22.9 Å². The molecule has 1 saturated carbocycles. The summed E-state index contributed by atoms with van der Waals surface area (Å²) in [6.07, 6.45) is 4.85. The molecule has 2 aromatic carbocycles. The van der Waals surface area contributed by atoms with Gasteiger partial charge in [0.2, 0.25) is 0 Å². The number of pyridine rings is 1. The van der Waals surface area contributed by atoms with Crippen molar-refractivity contribution in [3.05, 3.63) is 81.5 Å². The lowest BCUT2D eigenvalue weighted by atomic mass is 9.89. The highest BCUT2D eigenvalue weighted by molar-refractivity contribution is 7.21. The average molecular weight is 627 g/mol. The van der Waals surface area contributed by atoms with Crippen LogP contribution in [0.1, 0.15) is 58.3 Å². The van der Waals surface area contributed by atoms with Crippen molar-refractivity contribution in [2.24, 2.45) is 0 Å². The molecule has 11 heteroatoms. The van der Waals surface area contributed by atoms with E-state index in [1.54, 1.807) is 24.2 Å². The predicted molar refractivity (Wildman–Crippen MR) is 166 cm³/mol. The Morgan fingerprint density at radius 3 is 2.44 bits per heavy atom. The van der Waals surface area contributed by atoms with Crippen molar-refractivity contribution in [1.82, 2.24) is 20.5 Å². The van der Waals surface area contributed by atoms with Crippen molar-refractivity contribution >= 4 is 44.8 Å². The SMILES string of the molecule is CCOc1ccc(-c2ccnc(C(=O)NC)c2)cc1CN(C(=O)c1sc2c(F)ccc(F)c2c1Cl)C1CCC(NC)CC1. The van der Waals surface area contributed by atoms with Crippen molar-refractivity contribution in [1.29, 1.82) is 0 Å². The Hall–Kier alpha value is -3.60. The summed E-state index contributed by atoms with van der Waals surface area (Å²) in [6, 6.07) is 11.5. The molecule has 0 radical (unpaired) electrons. The van der Waals surface area contributed by atoms with Gasteiger partial charge in [-0.15, -0.1) is 11.3 Å². The molecule has 5 rings (SSSR count). The molecule has 1 aliphatic carbocycles. The number of amides is 2. The maximum absolute atomic E-state index is 14.7. The molecule has 0 saturated heterocycles. The van der Waals surface area contributed by atoms with Crippen molar-refractivity contribution in [3.63, 3.8) is 0 Å². The number of nitrogens with zero attached hydrogens (tertiary/aromatic N) is 2. The molecule has 2 heterocycles. The minimum absolute atomic E-state index is 0.0220. The first-order valence-electron chi connectivity index (χ1n) is 14.2. The predicted octanol–water partition coefficient (Wildman–Crippen LogP) is 6.83.